The largest absolute Gasteiger partial charge is 0.384 e. The molecular formula is C17H26N2. The van der Waals surface area contributed by atoms with Gasteiger partial charge in [0.1, 0.15) is 0 Å². The normalized spacial score (nSPS) is 16.3. The number of hydrogen-bond acceptors (Lipinski definition) is 2. The second kappa shape index (κ2) is 7.34. The highest BCUT2D eigenvalue weighted by molar-refractivity contribution is 5.62. The van der Waals surface area contributed by atoms with E-state index < -0.39 is 0 Å². The molecule has 1 aliphatic rings. The first-order valence-electron chi connectivity index (χ1n) is 7.54. The second-order valence-electron chi connectivity index (χ2n) is 5.36. The smallest absolute Gasteiger partial charge is 0.0341 e. The van der Waals surface area contributed by atoms with Crippen LogP contribution in [-0.2, 0) is 6.42 Å². The molecule has 1 saturated heterocycles. The quantitative estimate of drug-likeness (QED) is 0.842. The lowest BCUT2D eigenvalue weighted by atomic mass is 10.1. The number of rotatable bonds is 6. The van der Waals surface area contributed by atoms with Gasteiger partial charge in [0.25, 0.3) is 0 Å². The average Bonchev–Trinajstić information content (AvgIpc) is 2.48. The van der Waals surface area contributed by atoms with Crippen LogP contribution in [0.3, 0.4) is 0 Å². The zero-order chi connectivity index (χ0) is 13.5. The fraction of sp³-hybridized carbons (Fsp3) is 0.529. The molecule has 0 aromatic heterocycles. The Labute approximate surface area is 117 Å². The van der Waals surface area contributed by atoms with Crippen molar-refractivity contribution in [2.45, 2.75) is 32.6 Å². The van der Waals surface area contributed by atoms with Gasteiger partial charge in [-0.3, -0.25) is 0 Å². The summed E-state index contributed by atoms with van der Waals surface area (Å²) in [4.78, 5) is 2.55. The lowest BCUT2D eigenvalue weighted by molar-refractivity contribution is 0.232. The van der Waals surface area contributed by atoms with E-state index in [0.717, 1.165) is 25.2 Å². The van der Waals surface area contributed by atoms with Crippen LogP contribution in [0.25, 0.3) is 5.70 Å². The second-order valence-corrected chi connectivity index (χ2v) is 5.36. The molecule has 0 saturated carbocycles. The molecule has 0 atom stereocenters. The van der Waals surface area contributed by atoms with Crippen molar-refractivity contribution in [3.63, 3.8) is 0 Å². The predicted octanol–water partition coefficient (Wildman–Crippen LogP) is 3.30. The third kappa shape index (κ3) is 4.39. The topological polar surface area (TPSA) is 15.3 Å². The maximum Gasteiger partial charge on any atom is 0.0341 e. The summed E-state index contributed by atoms with van der Waals surface area (Å²) in [5, 5.41) is 3.46. The Morgan fingerprint density at radius 1 is 1.26 bits per heavy atom. The fourth-order valence-corrected chi connectivity index (χ4v) is 2.63. The Kier molecular flexibility index (Phi) is 5.46. The van der Waals surface area contributed by atoms with E-state index in [0.29, 0.717) is 0 Å². The van der Waals surface area contributed by atoms with E-state index in [9.17, 15) is 0 Å². The van der Waals surface area contributed by atoms with E-state index >= 15 is 0 Å². The number of benzene rings is 1. The fourth-order valence-electron chi connectivity index (χ4n) is 2.63. The third-order valence-corrected chi connectivity index (χ3v) is 3.90. The SMILES string of the molecule is C=C(NCCN1CCCCC1)c1cccc(CC)c1. The van der Waals surface area contributed by atoms with Crippen LogP contribution in [-0.4, -0.2) is 31.1 Å². The molecule has 1 N–H and O–H groups in total. The van der Waals surface area contributed by atoms with E-state index in [2.05, 4.69) is 48.0 Å². The molecule has 0 spiro atoms. The Morgan fingerprint density at radius 3 is 2.79 bits per heavy atom. The van der Waals surface area contributed by atoms with E-state index in [1.54, 1.807) is 0 Å². The van der Waals surface area contributed by atoms with Gasteiger partial charge in [0.05, 0.1) is 0 Å². The molecule has 0 amide bonds. The van der Waals surface area contributed by atoms with Gasteiger partial charge in [-0.2, -0.15) is 0 Å². The summed E-state index contributed by atoms with van der Waals surface area (Å²) >= 11 is 0. The third-order valence-electron chi connectivity index (χ3n) is 3.90. The molecule has 1 fully saturated rings. The molecular weight excluding hydrogens is 232 g/mol. The van der Waals surface area contributed by atoms with Gasteiger partial charge >= 0.3 is 0 Å². The molecule has 104 valence electrons. The van der Waals surface area contributed by atoms with Crippen molar-refractivity contribution in [2.75, 3.05) is 26.2 Å². The first-order valence-corrected chi connectivity index (χ1v) is 7.54. The van der Waals surface area contributed by atoms with Crippen LogP contribution < -0.4 is 5.32 Å². The average molecular weight is 258 g/mol. The number of nitrogens with one attached hydrogen (secondary N) is 1. The van der Waals surface area contributed by atoms with Gasteiger partial charge in [-0.25, -0.2) is 0 Å². The van der Waals surface area contributed by atoms with Crippen LogP contribution in [0.4, 0.5) is 0 Å². The van der Waals surface area contributed by atoms with Crippen molar-refractivity contribution in [2.24, 2.45) is 0 Å². The minimum absolute atomic E-state index is 0.995. The van der Waals surface area contributed by atoms with Gasteiger partial charge in [-0.15, -0.1) is 0 Å². The minimum atomic E-state index is 0.995. The van der Waals surface area contributed by atoms with Gasteiger partial charge in [-0.05, 0) is 49.5 Å². The summed E-state index contributed by atoms with van der Waals surface area (Å²) in [6.07, 6.45) is 5.20. The molecule has 1 aliphatic heterocycles. The summed E-state index contributed by atoms with van der Waals surface area (Å²) in [6, 6.07) is 8.65. The summed E-state index contributed by atoms with van der Waals surface area (Å²) in [5.74, 6) is 0. The van der Waals surface area contributed by atoms with E-state index in [-0.39, 0.29) is 0 Å². The molecule has 1 aromatic rings. The van der Waals surface area contributed by atoms with Crippen LogP contribution in [0.2, 0.25) is 0 Å². The molecule has 2 rings (SSSR count). The minimum Gasteiger partial charge on any atom is -0.384 e. The zero-order valence-electron chi connectivity index (χ0n) is 12.1. The molecule has 1 heterocycles. The summed E-state index contributed by atoms with van der Waals surface area (Å²) in [7, 11) is 0. The van der Waals surface area contributed by atoms with Gasteiger partial charge in [-0.1, -0.05) is 38.1 Å². The van der Waals surface area contributed by atoms with E-state index in [1.165, 1.54) is 43.5 Å². The van der Waals surface area contributed by atoms with Crippen molar-refractivity contribution < 1.29 is 0 Å². The van der Waals surface area contributed by atoms with E-state index in [4.69, 9.17) is 0 Å². The number of likely N-dealkylation sites (tertiary alicyclic amines) is 1. The highest BCUT2D eigenvalue weighted by Crippen LogP contribution is 2.12. The van der Waals surface area contributed by atoms with Crippen LogP contribution >= 0.6 is 0 Å². The lowest BCUT2D eigenvalue weighted by Crippen LogP contribution is -2.35. The first kappa shape index (κ1) is 14.1. The number of aryl methyl sites for hydroxylation is 1. The van der Waals surface area contributed by atoms with Crippen LogP contribution in [0.1, 0.15) is 37.3 Å². The Bertz CT molecular complexity index is 405. The molecule has 19 heavy (non-hydrogen) atoms. The number of hydrogen-bond donors (Lipinski definition) is 1. The van der Waals surface area contributed by atoms with Crippen molar-refractivity contribution in [1.82, 2.24) is 10.2 Å². The number of nitrogens with zero attached hydrogens (tertiary/aromatic N) is 1. The van der Waals surface area contributed by atoms with Crippen LogP contribution in [0, 0.1) is 0 Å². The zero-order valence-corrected chi connectivity index (χ0v) is 12.1. The Morgan fingerprint density at radius 2 is 2.05 bits per heavy atom. The number of piperidine rings is 1. The molecule has 0 unspecified atom stereocenters. The van der Waals surface area contributed by atoms with Crippen LogP contribution in [0.15, 0.2) is 30.8 Å². The highest BCUT2D eigenvalue weighted by Gasteiger charge is 2.09. The predicted molar refractivity (Wildman–Crippen MR) is 83.1 cm³/mol. The summed E-state index contributed by atoms with van der Waals surface area (Å²) in [6.45, 7) is 11.0. The van der Waals surface area contributed by atoms with E-state index in [1.807, 2.05) is 0 Å². The molecule has 2 heteroatoms. The highest BCUT2D eigenvalue weighted by atomic mass is 15.1. The summed E-state index contributed by atoms with van der Waals surface area (Å²) < 4.78 is 0. The van der Waals surface area contributed by atoms with Gasteiger partial charge in [0.2, 0.25) is 0 Å². The Hall–Kier alpha value is -1.28. The van der Waals surface area contributed by atoms with Gasteiger partial charge < -0.3 is 10.2 Å². The molecule has 0 bridgehead atoms. The molecule has 0 aliphatic carbocycles. The standard InChI is InChI=1S/C17H26N2/c1-3-16-8-7-9-17(14-16)15(2)18-10-13-19-11-5-4-6-12-19/h7-9,14,18H,2-6,10-13H2,1H3. The molecule has 1 aromatic carbocycles. The first-order chi connectivity index (χ1) is 9.29. The maximum absolute atomic E-state index is 4.15. The van der Waals surface area contributed by atoms with Gasteiger partial charge in [0.15, 0.2) is 0 Å². The maximum atomic E-state index is 4.15. The van der Waals surface area contributed by atoms with Crippen LogP contribution in [0.5, 0.6) is 0 Å². The summed E-state index contributed by atoms with van der Waals surface area (Å²) in [5.41, 5.74) is 3.64. The monoisotopic (exact) mass is 258 g/mol. The van der Waals surface area contributed by atoms with Crippen molar-refractivity contribution in [1.29, 1.82) is 0 Å². The molecule has 2 nitrogen and oxygen atoms in total. The molecule has 0 radical (unpaired) electrons. The van der Waals surface area contributed by atoms with Gasteiger partial charge in [0, 0.05) is 18.8 Å². The van der Waals surface area contributed by atoms with Crippen molar-refractivity contribution in [3.8, 4) is 0 Å². The lowest BCUT2D eigenvalue weighted by Gasteiger charge is -2.26. The van der Waals surface area contributed by atoms with Crippen molar-refractivity contribution in [3.05, 3.63) is 42.0 Å². The van der Waals surface area contributed by atoms with Crippen molar-refractivity contribution >= 4 is 5.70 Å². The Balaban J connectivity index is 1.77.